The van der Waals surface area contributed by atoms with E-state index in [2.05, 4.69) is 0 Å². The molecular weight excluding hydrogens is 422 g/mol. The first-order valence-electron chi connectivity index (χ1n) is 10.2. The number of hydrogen-bond donors (Lipinski definition) is 1. The number of aliphatic hydroxyl groups is 1. The van der Waals surface area contributed by atoms with Crippen molar-refractivity contribution in [2.45, 2.75) is 6.04 Å². The molecule has 1 saturated heterocycles. The van der Waals surface area contributed by atoms with Crippen molar-refractivity contribution in [3.63, 3.8) is 0 Å². The minimum Gasteiger partial charge on any atom is -0.507 e. The second kappa shape index (κ2) is 9.08. The maximum absolute atomic E-state index is 13.3. The molecular formula is C26H23NO6. The molecule has 0 aromatic heterocycles. The first kappa shape index (κ1) is 22.0. The molecule has 1 heterocycles. The standard InChI is InChI=1S/C26H23NO6/c1-31-18-11-7-8-16(14-18)23-22(24(28)20-15-19(32-2)12-13-21(20)33-3)25(29)26(30)27(23)17-9-5-4-6-10-17/h4-15,23,28H,1-3H3/b24-22+. The van der Waals surface area contributed by atoms with Crippen molar-refractivity contribution < 1.29 is 28.9 Å². The first-order chi connectivity index (χ1) is 16.0. The van der Waals surface area contributed by atoms with E-state index in [1.54, 1.807) is 66.7 Å². The lowest BCUT2D eigenvalue weighted by Crippen LogP contribution is -2.29. The van der Waals surface area contributed by atoms with Crippen molar-refractivity contribution in [2.75, 3.05) is 26.2 Å². The van der Waals surface area contributed by atoms with Crippen molar-refractivity contribution in [3.05, 3.63) is 89.5 Å². The van der Waals surface area contributed by atoms with E-state index in [-0.39, 0.29) is 16.9 Å². The summed E-state index contributed by atoms with van der Waals surface area (Å²) in [7, 11) is 4.49. The lowest BCUT2D eigenvalue weighted by Gasteiger charge is -2.25. The quantitative estimate of drug-likeness (QED) is 0.345. The Kier molecular flexibility index (Phi) is 6.04. The summed E-state index contributed by atoms with van der Waals surface area (Å²) >= 11 is 0. The summed E-state index contributed by atoms with van der Waals surface area (Å²) < 4.78 is 16.0. The van der Waals surface area contributed by atoms with Gasteiger partial charge in [-0.3, -0.25) is 14.5 Å². The molecule has 3 aromatic rings. The van der Waals surface area contributed by atoms with Gasteiger partial charge in [0.25, 0.3) is 11.7 Å². The minimum atomic E-state index is -0.876. The summed E-state index contributed by atoms with van der Waals surface area (Å²) in [5, 5.41) is 11.4. The third-order valence-electron chi connectivity index (χ3n) is 5.55. The fourth-order valence-electron chi connectivity index (χ4n) is 3.96. The Labute approximate surface area is 191 Å². The van der Waals surface area contributed by atoms with Crippen molar-refractivity contribution in [2.24, 2.45) is 0 Å². The number of hydrogen-bond acceptors (Lipinski definition) is 6. The number of anilines is 1. The van der Waals surface area contributed by atoms with Gasteiger partial charge in [0.1, 0.15) is 23.0 Å². The minimum absolute atomic E-state index is 0.0522. The second-order valence-corrected chi connectivity index (χ2v) is 7.35. The van der Waals surface area contributed by atoms with E-state index >= 15 is 0 Å². The fraction of sp³-hybridized carbons (Fsp3) is 0.154. The molecule has 1 aliphatic heterocycles. The zero-order chi connectivity index (χ0) is 23.5. The number of aliphatic hydroxyl groups excluding tert-OH is 1. The van der Waals surface area contributed by atoms with Gasteiger partial charge in [-0.15, -0.1) is 0 Å². The molecule has 1 atom stereocenters. The van der Waals surface area contributed by atoms with E-state index in [0.29, 0.717) is 28.5 Å². The van der Waals surface area contributed by atoms with Gasteiger partial charge in [-0.05, 0) is 48.0 Å². The maximum Gasteiger partial charge on any atom is 0.300 e. The first-order valence-corrected chi connectivity index (χ1v) is 10.2. The number of rotatable bonds is 6. The Morgan fingerprint density at radius 1 is 0.818 bits per heavy atom. The van der Waals surface area contributed by atoms with Crippen LogP contribution in [0.25, 0.3) is 5.76 Å². The van der Waals surface area contributed by atoms with Crippen LogP contribution in [-0.2, 0) is 9.59 Å². The predicted molar refractivity (Wildman–Crippen MR) is 124 cm³/mol. The molecule has 0 saturated carbocycles. The van der Waals surface area contributed by atoms with Crippen molar-refractivity contribution >= 4 is 23.1 Å². The molecule has 3 aromatic carbocycles. The maximum atomic E-state index is 13.3. The SMILES string of the molecule is COc1cccc(C2/C(=C(\O)c3cc(OC)ccc3OC)C(=O)C(=O)N2c2ccccc2)c1. The Balaban J connectivity index is 1.99. The van der Waals surface area contributed by atoms with Crippen LogP contribution in [0.5, 0.6) is 17.2 Å². The monoisotopic (exact) mass is 445 g/mol. The molecule has 0 spiro atoms. The number of amides is 1. The van der Waals surface area contributed by atoms with Crippen LogP contribution in [0.4, 0.5) is 5.69 Å². The number of ether oxygens (including phenoxy) is 3. The zero-order valence-corrected chi connectivity index (χ0v) is 18.4. The number of benzene rings is 3. The number of methoxy groups -OCH3 is 3. The normalized spacial score (nSPS) is 17.2. The highest BCUT2D eigenvalue weighted by Crippen LogP contribution is 2.44. The van der Waals surface area contributed by atoms with E-state index in [9.17, 15) is 14.7 Å². The lowest BCUT2D eigenvalue weighted by atomic mass is 9.94. The van der Waals surface area contributed by atoms with E-state index in [1.807, 2.05) is 6.07 Å². The molecule has 0 aliphatic carbocycles. The highest BCUT2D eigenvalue weighted by molar-refractivity contribution is 6.51. The molecule has 0 radical (unpaired) electrons. The van der Waals surface area contributed by atoms with Crippen LogP contribution >= 0.6 is 0 Å². The van der Waals surface area contributed by atoms with Gasteiger partial charge in [-0.25, -0.2) is 0 Å². The van der Waals surface area contributed by atoms with Crippen LogP contribution in [0.1, 0.15) is 17.2 Å². The van der Waals surface area contributed by atoms with Gasteiger partial charge < -0.3 is 19.3 Å². The van der Waals surface area contributed by atoms with E-state index in [4.69, 9.17) is 14.2 Å². The molecule has 1 aliphatic rings. The molecule has 7 nitrogen and oxygen atoms in total. The van der Waals surface area contributed by atoms with Gasteiger partial charge in [-0.2, -0.15) is 0 Å². The smallest absolute Gasteiger partial charge is 0.300 e. The van der Waals surface area contributed by atoms with Gasteiger partial charge in [-0.1, -0.05) is 30.3 Å². The van der Waals surface area contributed by atoms with Crippen molar-refractivity contribution in [1.82, 2.24) is 0 Å². The Morgan fingerprint density at radius 2 is 1.52 bits per heavy atom. The number of ketones is 1. The number of carbonyl (C=O) groups excluding carboxylic acids is 2. The average molecular weight is 445 g/mol. The summed E-state index contributed by atoms with van der Waals surface area (Å²) in [4.78, 5) is 27.9. The van der Waals surface area contributed by atoms with Crippen molar-refractivity contribution in [3.8, 4) is 17.2 Å². The third-order valence-corrected chi connectivity index (χ3v) is 5.55. The van der Waals surface area contributed by atoms with Gasteiger partial charge in [0, 0.05) is 5.69 Å². The van der Waals surface area contributed by atoms with Gasteiger partial charge in [0.2, 0.25) is 0 Å². The van der Waals surface area contributed by atoms with Gasteiger partial charge in [0.05, 0.1) is 38.5 Å². The van der Waals surface area contributed by atoms with E-state index < -0.39 is 17.7 Å². The third kappa shape index (κ3) is 3.89. The second-order valence-electron chi connectivity index (χ2n) is 7.35. The van der Waals surface area contributed by atoms with Crippen LogP contribution in [-0.4, -0.2) is 38.1 Å². The topological polar surface area (TPSA) is 85.3 Å². The van der Waals surface area contributed by atoms with E-state index in [1.165, 1.54) is 26.2 Å². The molecule has 1 N–H and O–H groups in total. The average Bonchev–Trinajstić information content (AvgIpc) is 3.14. The van der Waals surface area contributed by atoms with Crippen LogP contribution in [0.15, 0.2) is 78.4 Å². The van der Waals surface area contributed by atoms with Crippen LogP contribution in [0.3, 0.4) is 0 Å². The van der Waals surface area contributed by atoms with Crippen molar-refractivity contribution in [1.29, 1.82) is 0 Å². The number of nitrogens with zero attached hydrogens (tertiary/aromatic N) is 1. The summed E-state index contributed by atoms with van der Waals surface area (Å²) in [6.07, 6.45) is 0. The molecule has 1 amide bonds. The van der Waals surface area contributed by atoms with Crippen LogP contribution in [0, 0.1) is 0 Å². The molecule has 4 rings (SSSR count). The Morgan fingerprint density at radius 3 is 2.18 bits per heavy atom. The molecule has 1 fully saturated rings. The highest BCUT2D eigenvalue weighted by Gasteiger charge is 2.47. The fourth-order valence-corrected chi connectivity index (χ4v) is 3.96. The molecule has 7 heteroatoms. The lowest BCUT2D eigenvalue weighted by molar-refractivity contribution is -0.132. The molecule has 0 bridgehead atoms. The van der Waals surface area contributed by atoms with Crippen LogP contribution in [0.2, 0.25) is 0 Å². The zero-order valence-electron chi connectivity index (χ0n) is 18.4. The predicted octanol–water partition coefficient (Wildman–Crippen LogP) is 4.34. The summed E-state index contributed by atoms with van der Waals surface area (Å²) in [5.74, 6) is -0.525. The summed E-state index contributed by atoms with van der Waals surface area (Å²) in [6.45, 7) is 0. The Bertz CT molecular complexity index is 1230. The number of Topliss-reactive ketones (excluding diaryl/α,β-unsaturated/α-hetero) is 1. The molecule has 33 heavy (non-hydrogen) atoms. The number of carbonyl (C=O) groups is 2. The van der Waals surface area contributed by atoms with Gasteiger partial charge >= 0.3 is 0 Å². The van der Waals surface area contributed by atoms with Gasteiger partial charge in [0.15, 0.2) is 0 Å². The summed E-state index contributed by atoms with van der Waals surface area (Å²) in [6, 6.07) is 19.9. The highest BCUT2D eigenvalue weighted by atomic mass is 16.5. The molecule has 1 unspecified atom stereocenters. The van der Waals surface area contributed by atoms with E-state index in [0.717, 1.165) is 0 Å². The van der Waals surface area contributed by atoms with Crippen LogP contribution < -0.4 is 19.1 Å². The largest absolute Gasteiger partial charge is 0.507 e. The summed E-state index contributed by atoms with van der Waals surface area (Å²) in [5.41, 5.74) is 1.34. The molecule has 168 valence electrons. The number of para-hydroxylation sites is 1. The Hall–Kier alpha value is -4.26.